The molecule has 1 aromatic carbocycles. The highest BCUT2D eigenvalue weighted by Gasteiger charge is 2.09. The fourth-order valence-corrected chi connectivity index (χ4v) is 1.52. The van der Waals surface area contributed by atoms with Gasteiger partial charge in [0, 0.05) is 25.7 Å². The van der Waals surface area contributed by atoms with Gasteiger partial charge in [-0.25, -0.2) is 0 Å². The molecular formula is C14H13FN2O2. The van der Waals surface area contributed by atoms with Crippen molar-refractivity contribution in [1.82, 2.24) is 9.88 Å². The first-order valence-electron chi connectivity index (χ1n) is 5.68. The van der Waals surface area contributed by atoms with Gasteiger partial charge in [0.25, 0.3) is 5.91 Å². The molecule has 0 spiro atoms. The van der Waals surface area contributed by atoms with Crippen molar-refractivity contribution in [3.8, 4) is 11.6 Å². The summed E-state index contributed by atoms with van der Waals surface area (Å²) < 4.78 is 18.3. The number of carbonyl (C=O) groups is 1. The van der Waals surface area contributed by atoms with Crippen LogP contribution in [-0.2, 0) is 0 Å². The van der Waals surface area contributed by atoms with Crippen LogP contribution in [0, 0.1) is 5.95 Å². The molecule has 0 saturated carbocycles. The van der Waals surface area contributed by atoms with Crippen molar-refractivity contribution in [1.29, 1.82) is 0 Å². The Kier molecular flexibility index (Phi) is 3.75. The summed E-state index contributed by atoms with van der Waals surface area (Å²) in [7, 11) is 3.34. The summed E-state index contributed by atoms with van der Waals surface area (Å²) >= 11 is 0. The Balaban J connectivity index is 2.22. The van der Waals surface area contributed by atoms with Crippen LogP contribution in [0.1, 0.15) is 10.4 Å². The maximum Gasteiger partial charge on any atom is 0.253 e. The fraction of sp³-hybridized carbons (Fsp3) is 0.143. The molecule has 19 heavy (non-hydrogen) atoms. The summed E-state index contributed by atoms with van der Waals surface area (Å²) in [6, 6.07) is 10.9. The van der Waals surface area contributed by atoms with E-state index in [-0.39, 0.29) is 11.8 Å². The molecule has 1 heterocycles. The molecule has 0 atom stereocenters. The highest BCUT2D eigenvalue weighted by molar-refractivity contribution is 5.94. The number of aromatic nitrogens is 1. The fourth-order valence-electron chi connectivity index (χ4n) is 1.52. The van der Waals surface area contributed by atoms with Crippen molar-refractivity contribution in [2.75, 3.05) is 14.1 Å². The lowest BCUT2D eigenvalue weighted by Gasteiger charge is -2.11. The Labute approximate surface area is 110 Å². The van der Waals surface area contributed by atoms with Crippen LogP contribution in [0.5, 0.6) is 11.6 Å². The Hall–Kier alpha value is -2.43. The number of ether oxygens (including phenoxy) is 1. The normalized spacial score (nSPS) is 10.1. The molecule has 0 bridgehead atoms. The smallest absolute Gasteiger partial charge is 0.253 e. The number of halogens is 1. The summed E-state index contributed by atoms with van der Waals surface area (Å²) in [4.78, 5) is 16.9. The number of hydrogen-bond acceptors (Lipinski definition) is 3. The standard InChI is InChI=1S/C14H13FN2O2/c1-17(2)14(18)10-5-3-6-11(9-10)19-13-8-4-7-12(15)16-13/h3-9H,1-2H3. The van der Waals surface area contributed by atoms with Crippen LogP contribution in [-0.4, -0.2) is 29.9 Å². The summed E-state index contributed by atoms with van der Waals surface area (Å²) in [5.41, 5.74) is 0.499. The third kappa shape index (κ3) is 3.28. The molecule has 0 aliphatic carbocycles. The van der Waals surface area contributed by atoms with Crippen LogP contribution in [0.25, 0.3) is 0 Å². The van der Waals surface area contributed by atoms with Gasteiger partial charge in [0.1, 0.15) is 5.75 Å². The SMILES string of the molecule is CN(C)C(=O)c1cccc(Oc2cccc(F)n2)c1. The molecule has 0 fully saturated rings. The minimum absolute atomic E-state index is 0.127. The van der Waals surface area contributed by atoms with E-state index in [1.807, 2.05) is 0 Å². The van der Waals surface area contributed by atoms with Crippen LogP contribution >= 0.6 is 0 Å². The van der Waals surface area contributed by atoms with Gasteiger partial charge in [-0.05, 0) is 24.3 Å². The second kappa shape index (κ2) is 5.48. The zero-order chi connectivity index (χ0) is 13.8. The van der Waals surface area contributed by atoms with E-state index in [4.69, 9.17) is 4.74 Å². The minimum Gasteiger partial charge on any atom is -0.439 e. The number of hydrogen-bond donors (Lipinski definition) is 0. The van der Waals surface area contributed by atoms with E-state index >= 15 is 0 Å². The number of carbonyl (C=O) groups excluding carboxylic acids is 1. The van der Waals surface area contributed by atoms with Crippen molar-refractivity contribution in [2.45, 2.75) is 0 Å². The van der Waals surface area contributed by atoms with E-state index in [1.165, 1.54) is 17.0 Å². The lowest BCUT2D eigenvalue weighted by Crippen LogP contribution is -2.21. The van der Waals surface area contributed by atoms with Crippen LogP contribution in [0.15, 0.2) is 42.5 Å². The second-order valence-corrected chi connectivity index (χ2v) is 4.13. The molecule has 98 valence electrons. The topological polar surface area (TPSA) is 42.4 Å². The highest BCUT2D eigenvalue weighted by Crippen LogP contribution is 2.21. The molecule has 0 saturated heterocycles. The molecule has 0 aliphatic rings. The number of rotatable bonds is 3. The van der Waals surface area contributed by atoms with Gasteiger partial charge >= 0.3 is 0 Å². The van der Waals surface area contributed by atoms with Crippen molar-refractivity contribution >= 4 is 5.91 Å². The van der Waals surface area contributed by atoms with Gasteiger partial charge < -0.3 is 9.64 Å². The summed E-state index contributed by atoms with van der Waals surface area (Å²) in [5, 5.41) is 0. The summed E-state index contributed by atoms with van der Waals surface area (Å²) in [6.45, 7) is 0. The van der Waals surface area contributed by atoms with Crippen molar-refractivity contribution in [3.05, 3.63) is 54.0 Å². The molecule has 0 N–H and O–H groups in total. The van der Waals surface area contributed by atoms with Crippen LogP contribution in [0.2, 0.25) is 0 Å². The summed E-state index contributed by atoms with van der Waals surface area (Å²) in [6.07, 6.45) is 0. The van der Waals surface area contributed by atoms with E-state index in [9.17, 15) is 9.18 Å². The zero-order valence-corrected chi connectivity index (χ0v) is 10.6. The molecule has 2 aromatic rings. The molecule has 5 heteroatoms. The van der Waals surface area contributed by atoms with Gasteiger partial charge in [-0.1, -0.05) is 12.1 Å². The van der Waals surface area contributed by atoms with Crippen LogP contribution in [0.3, 0.4) is 0 Å². The number of amides is 1. The maximum absolute atomic E-state index is 12.9. The third-order valence-electron chi connectivity index (χ3n) is 2.40. The predicted molar refractivity (Wildman–Crippen MR) is 68.7 cm³/mol. The minimum atomic E-state index is -0.613. The van der Waals surface area contributed by atoms with Crippen LogP contribution < -0.4 is 4.74 Å². The monoisotopic (exact) mass is 260 g/mol. The molecule has 4 nitrogen and oxygen atoms in total. The van der Waals surface area contributed by atoms with Crippen molar-refractivity contribution < 1.29 is 13.9 Å². The van der Waals surface area contributed by atoms with Crippen LogP contribution in [0.4, 0.5) is 4.39 Å². The molecule has 0 radical (unpaired) electrons. The summed E-state index contributed by atoms with van der Waals surface area (Å²) in [5.74, 6) is -0.157. The second-order valence-electron chi connectivity index (χ2n) is 4.13. The van der Waals surface area contributed by atoms with Gasteiger partial charge in [0.2, 0.25) is 11.8 Å². The van der Waals surface area contributed by atoms with E-state index in [0.29, 0.717) is 11.3 Å². The van der Waals surface area contributed by atoms with Crippen molar-refractivity contribution in [2.24, 2.45) is 0 Å². The Morgan fingerprint density at radius 2 is 1.95 bits per heavy atom. The van der Waals surface area contributed by atoms with Gasteiger partial charge in [-0.15, -0.1) is 0 Å². The number of pyridine rings is 1. The predicted octanol–water partition coefficient (Wildman–Crippen LogP) is 2.71. The maximum atomic E-state index is 12.9. The first-order valence-corrected chi connectivity index (χ1v) is 5.68. The van der Waals surface area contributed by atoms with Gasteiger partial charge in [-0.3, -0.25) is 4.79 Å². The zero-order valence-electron chi connectivity index (χ0n) is 10.6. The van der Waals surface area contributed by atoms with Gasteiger partial charge in [0.05, 0.1) is 0 Å². The van der Waals surface area contributed by atoms with Crippen molar-refractivity contribution in [3.63, 3.8) is 0 Å². The molecule has 1 aromatic heterocycles. The lowest BCUT2D eigenvalue weighted by molar-refractivity contribution is 0.0827. The molecular weight excluding hydrogens is 247 g/mol. The molecule has 0 unspecified atom stereocenters. The van der Waals surface area contributed by atoms with E-state index < -0.39 is 5.95 Å². The average molecular weight is 260 g/mol. The third-order valence-corrected chi connectivity index (χ3v) is 2.40. The largest absolute Gasteiger partial charge is 0.439 e. The average Bonchev–Trinajstić information content (AvgIpc) is 2.38. The Morgan fingerprint density at radius 3 is 2.63 bits per heavy atom. The van der Waals surface area contributed by atoms with E-state index in [0.717, 1.165) is 0 Å². The first kappa shape index (κ1) is 13.0. The number of benzene rings is 1. The molecule has 2 rings (SSSR count). The molecule has 1 amide bonds. The Morgan fingerprint density at radius 1 is 1.21 bits per heavy atom. The quantitative estimate of drug-likeness (QED) is 0.797. The Bertz CT molecular complexity index is 600. The van der Waals surface area contributed by atoms with Gasteiger partial charge in [0.15, 0.2) is 0 Å². The van der Waals surface area contributed by atoms with E-state index in [1.54, 1.807) is 44.4 Å². The highest BCUT2D eigenvalue weighted by atomic mass is 19.1. The first-order chi connectivity index (χ1) is 9.06. The van der Waals surface area contributed by atoms with Gasteiger partial charge in [-0.2, -0.15) is 9.37 Å². The lowest BCUT2D eigenvalue weighted by atomic mass is 10.2. The van der Waals surface area contributed by atoms with E-state index in [2.05, 4.69) is 4.98 Å². The number of nitrogens with zero attached hydrogens (tertiary/aromatic N) is 2. The molecule has 0 aliphatic heterocycles.